The average Bonchev–Trinajstić information content (AvgIpc) is 2.40. The van der Waals surface area contributed by atoms with Crippen molar-refractivity contribution in [2.45, 2.75) is 39.3 Å². The summed E-state index contributed by atoms with van der Waals surface area (Å²) in [6, 6.07) is 6.36. The van der Waals surface area contributed by atoms with Gasteiger partial charge in [-0.05, 0) is 44.5 Å². The van der Waals surface area contributed by atoms with E-state index in [1.807, 2.05) is 7.05 Å². The van der Waals surface area contributed by atoms with Gasteiger partial charge in [-0.3, -0.25) is 9.88 Å². The fourth-order valence-corrected chi connectivity index (χ4v) is 2.75. The molecule has 1 aromatic heterocycles. The van der Waals surface area contributed by atoms with Crippen LogP contribution in [-0.2, 0) is 13.1 Å². The molecule has 1 N–H and O–H groups in total. The van der Waals surface area contributed by atoms with Gasteiger partial charge in [0.15, 0.2) is 0 Å². The first-order valence-corrected chi connectivity index (χ1v) is 7.13. The van der Waals surface area contributed by atoms with E-state index < -0.39 is 0 Å². The van der Waals surface area contributed by atoms with Gasteiger partial charge in [-0.25, -0.2) is 0 Å². The van der Waals surface area contributed by atoms with Crippen molar-refractivity contribution < 1.29 is 0 Å². The Balaban J connectivity index is 1.93. The molecule has 1 aliphatic heterocycles. The number of pyridine rings is 1. The number of piperidine rings is 1. The van der Waals surface area contributed by atoms with Gasteiger partial charge in [-0.15, -0.1) is 0 Å². The summed E-state index contributed by atoms with van der Waals surface area (Å²) in [6.45, 7) is 6.64. The van der Waals surface area contributed by atoms with E-state index in [1.54, 1.807) is 0 Å². The fraction of sp³-hybridized carbons (Fsp3) is 0.667. The van der Waals surface area contributed by atoms with E-state index in [1.165, 1.54) is 38.0 Å². The predicted molar refractivity (Wildman–Crippen MR) is 75.3 cm³/mol. The largest absolute Gasteiger partial charge is 0.314 e. The summed E-state index contributed by atoms with van der Waals surface area (Å²) in [6.07, 6.45) is 4.05. The van der Waals surface area contributed by atoms with Crippen molar-refractivity contribution >= 4 is 0 Å². The fourth-order valence-electron chi connectivity index (χ4n) is 2.75. The zero-order valence-corrected chi connectivity index (χ0v) is 11.7. The molecular formula is C15H25N3. The molecule has 0 spiro atoms. The lowest BCUT2D eigenvalue weighted by Gasteiger charge is -2.32. The molecule has 1 fully saturated rings. The summed E-state index contributed by atoms with van der Waals surface area (Å²) in [5, 5.41) is 3.15. The minimum Gasteiger partial charge on any atom is -0.314 e. The molecule has 1 aromatic rings. The van der Waals surface area contributed by atoms with Gasteiger partial charge < -0.3 is 5.32 Å². The lowest BCUT2D eigenvalue weighted by Crippen LogP contribution is -2.34. The Morgan fingerprint density at radius 2 is 2.22 bits per heavy atom. The Kier molecular flexibility index (Phi) is 5.14. The van der Waals surface area contributed by atoms with Crippen LogP contribution in [0.2, 0.25) is 0 Å². The predicted octanol–water partition coefficient (Wildman–Crippen LogP) is 2.42. The molecule has 0 radical (unpaired) electrons. The lowest BCUT2D eigenvalue weighted by atomic mass is 9.95. The van der Waals surface area contributed by atoms with Crippen LogP contribution in [0.4, 0.5) is 0 Å². The van der Waals surface area contributed by atoms with Crippen LogP contribution in [0.1, 0.15) is 37.6 Å². The molecule has 3 heteroatoms. The van der Waals surface area contributed by atoms with Gasteiger partial charge in [0.1, 0.15) is 0 Å². The zero-order chi connectivity index (χ0) is 12.8. The molecule has 2 heterocycles. The van der Waals surface area contributed by atoms with Crippen LogP contribution in [0.3, 0.4) is 0 Å². The number of aromatic nitrogens is 1. The summed E-state index contributed by atoms with van der Waals surface area (Å²) in [5.74, 6) is 0.888. The van der Waals surface area contributed by atoms with Gasteiger partial charge in [-0.2, -0.15) is 0 Å². The van der Waals surface area contributed by atoms with Crippen LogP contribution in [0.5, 0.6) is 0 Å². The topological polar surface area (TPSA) is 28.2 Å². The summed E-state index contributed by atoms with van der Waals surface area (Å²) in [7, 11) is 1.96. The summed E-state index contributed by atoms with van der Waals surface area (Å²) in [4.78, 5) is 7.26. The quantitative estimate of drug-likeness (QED) is 0.866. The maximum Gasteiger partial charge on any atom is 0.0547 e. The Morgan fingerprint density at radius 1 is 1.39 bits per heavy atom. The van der Waals surface area contributed by atoms with Crippen molar-refractivity contribution in [3.63, 3.8) is 0 Å². The van der Waals surface area contributed by atoms with E-state index >= 15 is 0 Å². The number of likely N-dealkylation sites (tertiary alicyclic amines) is 1. The number of nitrogens with zero attached hydrogens (tertiary/aromatic N) is 2. The molecule has 0 aromatic carbocycles. The van der Waals surface area contributed by atoms with Gasteiger partial charge >= 0.3 is 0 Å². The van der Waals surface area contributed by atoms with Crippen LogP contribution in [0.15, 0.2) is 18.2 Å². The Hall–Kier alpha value is -0.930. The molecular weight excluding hydrogens is 222 g/mol. The number of hydrogen-bond donors (Lipinski definition) is 1. The number of hydrogen-bond acceptors (Lipinski definition) is 3. The highest BCUT2D eigenvalue weighted by molar-refractivity contribution is 5.11. The molecule has 1 aliphatic rings. The van der Waals surface area contributed by atoms with Crippen molar-refractivity contribution in [3.8, 4) is 0 Å². The summed E-state index contributed by atoms with van der Waals surface area (Å²) in [5.41, 5.74) is 2.35. The third-order valence-corrected chi connectivity index (χ3v) is 3.79. The van der Waals surface area contributed by atoms with Crippen LogP contribution >= 0.6 is 0 Å². The molecule has 3 nitrogen and oxygen atoms in total. The molecule has 0 saturated carbocycles. The second-order valence-electron chi connectivity index (χ2n) is 5.30. The molecule has 1 saturated heterocycles. The first-order valence-electron chi connectivity index (χ1n) is 7.13. The Bertz CT molecular complexity index is 365. The zero-order valence-electron chi connectivity index (χ0n) is 11.7. The normalized spacial score (nSPS) is 21.1. The highest BCUT2D eigenvalue weighted by Gasteiger charge is 2.18. The summed E-state index contributed by atoms with van der Waals surface area (Å²) < 4.78 is 0. The monoisotopic (exact) mass is 247 g/mol. The van der Waals surface area contributed by atoms with E-state index in [9.17, 15) is 0 Å². The maximum atomic E-state index is 4.70. The molecule has 2 rings (SSSR count). The number of nitrogens with one attached hydrogen (secondary N) is 1. The molecule has 1 atom stereocenters. The van der Waals surface area contributed by atoms with Crippen molar-refractivity contribution in [1.82, 2.24) is 15.2 Å². The molecule has 100 valence electrons. The van der Waals surface area contributed by atoms with Crippen molar-refractivity contribution in [3.05, 3.63) is 29.6 Å². The van der Waals surface area contributed by atoms with Crippen molar-refractivity contribution in [1.29, 1.82) is 0 Å². The molecule has 0 amide bonds. The van der Waals surface area contributed by atoms with Gasteiger partial charge in [0.25, 0.3) is 0 Å². The third kappa shape index (κ3) is 3.79. The SMILES string of the molecule is CCC1CCCN(Cc2cccc(CNC)n2)C1. The van der Waals surface area contributed by atoms with Crippen LogP contribution in [0.25, 0.3) is 0 Å². The van der Waals surface area contributed by atoms with Crippen LogP contribution in [-0.4, -0.2) is 30.0 Å². The van der Waals surface area contributed by atoms with E-state index in [-0.39, 0.29) is 0 Å². The minimum absolute atomic E-state index is 0.853. The van der Waals surface area contributed by atoms with E-state index in [0.29, 0.717) is 0 Å². The van der Waals surface area contributed by atoms with Crippen molar-refractivity contribution in [2.75, 3.05) is 20.1 Å². The molecule has 0 bridgehead atoms. The van der Waals surface area contributed by atoms with Gasteiger partial charge in [0.2, 0.25) is 0 Å². The highest BCUT2D eigenvalue weighted by Crippen LogP contribution is 2.20. The van der Waals surface area contributed by atoms with Gasteiger partial charge in [0.05, 0.1) is 11.4 Å². The second kappa shape index (κ2) is 6.86. The van der Waals surface area contributed by atoms with E-state index in [4.69, 9.17) is 4.98 Å². The Labute approximate surface area is 111 Å². The molecule has 1 unspecified atom stereocenters. The third-order valence-electron chi connectivity index (χ3n) is 3.79. The second-order valence-corrected chi connectivity index (χ2v) is 5.30. The molecule has 0 aliphatic carbocycles. The number of rotatable bonds is 5. The summed E-state index contributed by atoms with van der Waals surface area (Å²) >= 11 is 0. The first-order chi connectivity index (χ1) is 8.81. The van der Waals surface area contributed by atoms with Gasteiger partial charge in [0, 0.05) is 19.6 Å². The van der Waals surface area contributed by atoms with Crippen LogP contribution in [0, 0.1) is 5.92 Å². The van der Waals surface area contributed by atoms with Crippen molar-refractivity contribution in [2.24, 2.45) is 5.92 Å². The molecule has 18 heavy (non-hydrogen) atoms. The highest BCUT2D eigenvalue weighted by atomic mass is 15.1. The van der Waals surface area contributed by atoms with Crippen LogP contribution < -0.4 is 5.32 Å². The maximum absolute atomic E-state index is 4.70. The van der Waals surface area contributed by atoms with E-state index in [0.717, 1.165) is 24.7 Å². The van der Waals surface area contributed by atoms with Gasteiger partial charge in [-0.1, -0.05) is 19.4 Å². The minimum atomic E-state index is 0.853. The first kappa shape index (κ1) is 13.5. The average molecular weight is 247 g/mol. The Morgan fingerprint density at radius 3 is 3.00 bits per heavy atom. The smallest absolute Gasteiger partial charge is 0.0547 e. The lowest BCUT2D eigenvalue weighted by molar-refractivity contribution is 0.163. The van der Waals surface area contributed by atoms with E-state index in [2.05, 4.69) is 35.3 Å². The standard InChI is InChI=1S/C15H25N3/c1-3-13-6-5-9-18(11-13)12-15-8-4-7-14(17-15)10-16-2/h4,7-8,13,16H,3,5-6,9-12H2,1-2H3.